The van der Waals surface area contributed by atoms with Crippen LogP contribution in [0.15, 0.2) is 12.2 Å². The number of allylic oxidation sites excluding steroid dienone is 1. The Morgan fingerprint density at radius 1 is 1.14 bits per heavy atom. The summed E-state index contributed by atoms with van der Waals surface area (Å²) in [5.41, 5.74) is 0. The summed E-state index contributed by atoms with van der Waals surface area (Å²) in [6, 6.07) is 1.60. The van der Waals surface area contributed by atoms with Gasteiger partial charge in [-0.05, 0) is 43.9 Å². The van der Waals surface area contributed by atoms with Gasteiger partial charge in [0.1, 0.15) is 0 Å². The number of nitrogens with one attached hydrogen (secondary N) is 1. The van der Waals surface area contributed by atoms with Crippen molar-refractivity contribution in [1.29, 1.82) is 0 Å². The predicted octanol–water partition coefficient (Wildman–Crippen LogP) is 3.12. The third kappa shape index (κ3) is 2.20. The maximum absolute atomic E-state index is 3.84. The van der Waals surface area contributed by atoms with Gasteiger partial charge in [0.05, 0.1) is 0 Å². The van der Waals surface area contributed by atoms with Crippen molar-refractivity contribution < 1.29 is 0 Å². The van der Waals surface area contributed by atoms with E-state index in [0.29, 0.717) is 0 Å². The van der Waals surface area contributed by atoms with Crippen molar-refractivity contribution in [3.63, 3.8) is 0 Å². The molecule has 0 amide bonds. The summed E-state index contributed by atoms with van der Waals surface area (Å²) >= 11 is 0. The topological polar surface area (TPSA) is 12.0 Å². The maximum atomic E-state index is 3.84. The van der Waals surface area contributed by atoms with Crippen LogP contribution < -0.4 is 5.32 Å². The Hall–Kier alpha value is -0.300. The van der Waals surface area contributed by atoms with Crippen LogP contribution in [0.2, 0.25) is 0 Å². The zero-order valence-corrected chi connectivity index (χ0v) is 9.50. The normalized spacial score (nSPS) is 37.2. The molecule has 1 nitrogen and oxygen atoms in total. The fourth-order valence-corrected chi connectivity index (χ4v) is 2.78. The molecule has 1 fully saturated rings. The monoisotopic (exact) mass is 193 g/mol. The van der Waals surface area contributed by atoms with Crippen molar-refractivity contribution >= 4 is 0 Å². The van der Waals surface area contributed by atoms with E-state index in [1.807, 2.05) is 0 Å². The first-order valence-electron chi connectivity index (χ1n) is 6.18. The predicted molar refractivity (Wildman–Crippen MR) is 61.3 cm³/mol. The minimum atomic E-state index is 0.770. The molecule has 0 saturated heterocycles. The fourth-order valence-electron chi connectivity index (χ4n) is 2.78. The molecule has 0 aromatic rings. The van der Waals surface area contributed by atoms with Crippen molar-refractivity contribution in [1.82, 2.24) is 5.32 Å². The van der Waals surface area contributed by atoms with Gasteiger partial charge >= 0.3 is 0 Å². The highest BCUT2D eigenvalue weighted by Crippen LogP contribution is 2.34. The molecule has 0 aromatic carbocycles. The Kier molecular flexibility index (Phi) is 3.27. The van der Waals surface area contributed by atoms with Gasteiger partial charge in [0.25, 0.3) is 0 Å². The van der Waals surface area contributed by atoms with E-state index in [0.717, 1.165) is 23.9 Å². The third-order valence-electron chi connectivity index (χ3n) is 3.90. The van der Waals surface area contributed by atoms with Crippen molar-refractivity contribution in [2.45, 2.75) is 58.0 Å². The highest BCUT2D eigenvalue weighted by atomic mass is 15.0. The molecular weight excluding hydrogens is 170 g/mol. The highest BCUT2D eigenvalue weighted by molar-refractivity contribution is 4.97. The lowest BCUT2D eigenvalue weighted by Crippen LogP contribution is -2.50. The quantitative estimate of drug-likeness (QED) is 0.679. The molecule has 0 aliphatic heterocycles. The standard InChI is InChI=1S/C13H23N/c1-10(2)12-8-9-13(12)14-11-6-4-3-5-7-11/h3-4,10-14H,5-9H2,1-2H3. The second-order valence-corrected chi connectivity index (χ2v) is 5.24. The van der Waals surface area contributed by atoms with Crippen LogP contribution in [-0.2, 0) is 0 Å². The molecule has 80 valence electrons. The van der Waals surface area contributed by atoms with Gasteiger partial charge in [-0.2, -0.15) is 0 Å². The highest BCUT2D eigenvalue weighted by Gasteiger charge is 2.33. The van der Waals surface area contributed by atoms with Gasteiger partial charge in [0.15, 0.2) is 0 Å². The molecule has 0 radical (unpaired) electrons. The van der Waals surface area contributed by atoms with Crippen LogP contribution in [0.25, 0.3) is 0 Å². The van der Waals surface area contributed by atoms with E-state index in [9.17, 15) is 0 Å². The van der Waals surface area contributed by atoms with Crippen LogP contribution in [0.1, 0.15) is 46.0 Å². The van der Waals surface area contributed by atoms with Crippen LogP contribution >= 0.6 is 0 Å². The summed E-state index contributed by atoms with van der Waals surface area (Å²) in [4.78, 5) is 0. The first kappa shape index (κ1) is 10.2. The van der Waals surface area contributed by atoms with E-state index >= 15 is 0 Å². The van der Waals surface area contributed by atoms with Gasteiger partial charge in [-0.15, -0.1) is 0 Å². The van der Waals surface area contributed by atoms with Gasteiger partial charge < -0.3 is 5.32 Å². The molecular formula is C13H23N. The van der Waals surface area contributed by atoms with Crippen molar-refractivity contribution in [3.05, 3.63) is 12.2 Å². The minimum Gasteiger partial charge on any atom is -0.311 e. The molecule has 1 heteroatoms. The van der Waals surface area contributed by atoms with Crippen LogP contribution in [0, 0.1) is 11.8 Å². The number of rotatable bonds is 3. The average molecular weight is 193 g/mol. The number of hydrogen-bond donors (Lipinski definition) is 1. The molecule has 0 aromatic heterocycles. The second-order valence-electron chi connectivity index (χ2n) is 5.24. The molecule has 1 saturated carbocycles. The van der Waals surface area contributed by atoms with Gasteiger partial charge in [-0.25, -0.2) is 0 Å². The summed E-state index contributed by atoms with van der Waals surface area (Å²) in [6.07, 6.45) is 11.4. The third-order valence-corrected chi connectivity index (χ3v) is 3.90. The lowest BCUT2D eigenvalue weighted by molar-refractivity contribution is 0.139. The van der Waals surface area contributed by atoms with E-state index in [-0.39, 0.29) is 0 Å². The van der Waals surface area contributed by atoms with E-state index < -0.39 is 0 Å². The molecule has 1 N–H and O–H groups in total. The van der Waals surface area contributed by atoms with Gasteiger partial charge in [-0.3, -0.25) is 0 Å². The van der Waals surface area contributed by atoms with E-state index in [4.69, 9.17) is 0 Å². The van der Waals surface area contributed by atoms with Crippen LogP contribution in [0.4, 0.5) is 0 Å². The molecule has 14 heavy (non-hydrogen) atoms. The Labute approximate surface area is 88.0 Å². The smallest absolute Gasteiger partial charge is 0.0107 e. The first-order valence-corrected chi connectivity index (χ1v) is 6.18. The molecule has 2 rings (SSSR count). The largest absolute Gasteiger partial charge is 0.311 e. The van der Waals surface area contributed by atoms with Crippen LogP contribution in [-0.4, -0.2) is 12.1 Å². The van der Waals surface area contributed by atoms with Crippen molar-refractivity contribution in [2.24, 2.45) is 11.8 Å². The zero-order chi connectivity index (χ0) is 9.97. The molecule has 2 aliphatic carbocycles. The summed E-state index contributed by atoms with van der Waals surface area (Å²) in [5.74, 6) is 1.81. The summed E-state index contributed by atoms with van der Waals surface area (Å²) < 4.78 is 0. The van der Waals surface area contributed by atoms with Gasteiger partial charge in [0.2, 0.25) is 0 Å². The maximum Gasteiger partial charge on any atom is 0.0107 e. The summed E-state index contributed by atoms with van der Waals surface area (Å²) in [6.45, 7) is 4.72. The van der Waals surface area contributed by atoms with Gasteiger partial charge in [-0.1, -0.05) is 26.0 Å². The molecule has 0 spiro atoms. The zero-order valence-electron chi connectivity index (χ0n) is 9.50. The average Bonchev–Trinajstić information content (AvgIpc) is 2.13. The summed E-state index contributed by atoms with van der Waals surface area (Å²) in [5, 5.41) is 3.84. The van der Waals surface area contributed by atoms with Crippen LogP contribution in [0.3, 0.4) is 0 Å². The molecule has 3 unspecified atom stereocenters. The SMILES string of the molecule is CC(C)C1CCC1NC1CC=CCC1. The van der Waals surface area contributed by atoms with E-state index in [1.165, 1.54) is 32.1 Å². The molecule has 0 bridgehead atoms. The van der Waals surface area contributed by atoms with E-state index in [1.54, 1.807) is 0 Å². The van der Waals surface area contributed by atoms with E-state index in [2.05, 4.69) is 31.3 Å². The first-order chi connectivity index (χ1) is 6.77. The van der Waals surface area contributed by atoms with Crippen molar-refractivity contribution in [3.8, 4) is 0 Å². The Morgan fingerprint density at radius 3 is 2.50 bits per heavy atom. The van der Waals surface area contributed by atoms with Gasteiger partial charge in [0, 0.05) is 12.1 Å². The molecule has 3 atom stereocenters. The summed E-state index contributed by atoms with van der Waals surface area (Å²) in [7, 11) is 0. The lowest BCUT2D eigenvalue weighted by atomic mass is 9.72. The molecule has 2 aliphatic rings. The Balaban J connectivity index is 1.77. The Bertz CT molecular complexity index is 207. The molecule has 0 heterocycles. The van der Waals surface area contributed by atoms with Crippen LogP contribution in [0.5, 0.6) is 0 Å². The number of hydrogen-bond acceptors (Lipinski definition) is 1. The second kappa shape index (κ2) is 4.48. The lowest BCUT2D eigenvalue weighted by Gasteiger charge is -2.42. The Morgan fingerprint density at radius 2 is 2.00 bits per heavy atom. The van der Waals surface area contributed by atoms with Crippen molar-refractivity contribution in [2.75, 3.05) is 0 Å². The fraction of sp³-hybridized carbons (Fsp3) is 0.846. The minimum absolute atomic E-state index is 0.770.